The summed E-state index contributed by atoms with van der Waals surface area (Å²) in [6, 6.07) is -0.295. The molecule has 0 aliphatic carbocycles. The zero-order valence-corrected chi connectivity index (χ0v) is 98.4. The second-order valence-corrected chi connectivity index (χ2v) is 203. The molecule has 0 fully saturated rings. The molecule has 85 heteroatoms. The summed E-state index contributed by atoms with van der Waals surface area (Å²) < 4.78 is 110. The highest BCUT2D eigenvalue weighted by Crippen LogP contribution is 2.54. The van der Waals surface area contributed by atoms with Crippen molar-refractivity contribution in [3.63, 3.8) is 0 Å². The third-order valence-electron chi connectivity index (χ3n) is 14.0. The van der Waals surface area contributed by atoms with Crippen molar-refractivity contribution in [3.8, 4) is 0 Å². The van der Waals surface area contributed by atoms with Crippen molar-refractivity contribution in [2.75, 3.05) is 6.61 Å². The molecule has 0 aromatic carbocycles. The first-order valence-electron chi connectivity index (χ1n) is 27.8. The number of hydrogen-bond donors (Lipinski definition) is 26. The van der Waals surface area contributed by atoms with Crippen LogP contribution in [0.15, 0.2) is 0 Å². The lowest BCUT2D eigenvalue weighted by Gasteiger charge is -2.70. The smallest absolute Gasteiger partial charge is 0.420 e. The molecule has 0 bridgehead atoms. The molecule has 4 atom stereocenters. The number of rotatable bonds is 62. The van der Waals surface area contributed by atoms with Gasteiger partial charge >= 0.3 is 140 Å². The van der Waals surface area contributed by atoms with Crippen molar-refractivity contribution in [2.24, 2.45) is 5.41 Å². The Hall–Kier alpha value is 6.94. The molecule has 0 amide bonds. The van der Waals surface area contributed by atoms with Crippen LogP contribution in [0.1, 0.15) is 33.6 Å². The molecular weight excluding hydrogens is 2100 g/mol. The van der Waals surface area contributed by atoms with E-state index >= 15 is 0 Å². The van der Waals surface area contributed by atoms with E-state index in [0.29, 0.717) is 6.42 Å². The first kappa shape index (κ1) is 111. The van der Waals surface area contributed by atoms with Gasteiger partial charge in [-0.2, -0.15) is 0 Å². The minimum absolute atomic E-state index is 0.162. The Kier molecular flexibility index (Phi) is 51.2. The molecule has 0 aromatic rings. The molecular formula is C19H73O43Si42. The van der Waals surface area contributed by atoms with Gasteiger partial charge in [0.25, 0.3) is 73.9 Å². The molecule has 43 nitrogen and oxygen atoms in total. The van der Waals surface area contributed by atoms with E-state index in [1.165, 1.54) is 26.2 Å². The van der Waals surface area contributed by atoms with Crippen LogP contribution in [0.25, 0.3) is 0 Å². The van der Waals surface area contributed by atoms with Crippen molar-refractivity contribution in [1.29, 1.82) is 0 Å². The molecule has 0 aliphatic heterocycles. The standard InChI is InChI=1S/C19H73O43Si42/c1-14-19(2,3)18(20)47-16-15-17-91(13,57-88(5,6)7)55-87(4)56-95(103(99(79-37,80-38)52-67-25,100(81-39,82-40)53-68-26)60-93(71-29,72-30)48-63-21,62-96(97(75-33,76-34)50-65-23,98(77-35,78-36)51-66-24)59-92(46,70-28)89(8,9)10)104(101(83-41,84-42)54-69-27,61-94(73-31,74-32)49-64-22)102(85-43,86-44)58-90(11,12)45/h21-46H,14-17H2,1-13H3. The number of hydrogen-bond acceptors (Lipinski definition) is 43. The lowest BCUT2D eigenvalue weighted by Crippen LogP contribution is -3.14. The van der Waals surface area contributed by atoms with E-state index in [1.807, 2.05) is 0 Å². The molecule has 104 heavy (non-hydrogen) atoms. The van der Waals surface area contributed by atoms with Crippen LogP contribution in [-0.4, -0.2) is 500 Å². The number of carbonyl (C=O) groups is 1. The first-order valence-corrected chi connectivity index (χ1v) is 114. The summed E-state index contributed by atoms with van der Waals surface area (Å²) in [5.41, 5.74) is -1.02. The van der Waals surface area contributed by atoms with Crippen LogP contribution in [0.4, 0.5) is 0 Å². The maximum Gasteiger partial charge on any atom is 0.420 e. The van der Waals surface area contributed by atoms with Gasteiger partial charge in [-0.25, -0.2) is 0 Å². The largest absolute Gasteiger partial charge is 0.465 e. The van der Waals surface area contributed by atoms with Gasteiger partial charge in [0.1, 0.15) is 7.59 Å². The minimum Gasteiger partial charge on any atom is -0.465 e. The van der Waals surface area contributed by atoms with Gasteiger partial charge in [-0.05, 0) is 78.6 Å². The predicted octanol–water partition coefficient (Wildman–Crippen LogP) is -23.3. The van der Waals surface area contributed by atoms with Gasteiger partial charge in [0, 0.05) is 0 Å². The molecule has 26 N–H and O–H groups in total. The average molecular weight is 2170 g/mol. The highest BCUT2D eigenvalue weighted by Gasteiger charge is 3.01. The fourth-order valence-corrected chi connectivity index (χ4v) is 524. The maximum atomic E-state index is 13.8. The first-order chi connectivity index (χ1) is 48.2. The minimum atomic E-state index is -8.36. The predicted molar refractivity (Wildman–Crippen MR) is 419 cm³/mol. The van der Waals surface area contributed by atoms with Gasteiger partial charge in [-0.1, -0.05) is 26.6 Å². The number of esters is 1. The van der Waals surface area contributed by atoms with Gasteiger partial charge in [-0.3, -0.25) is 4.79 Å². The summed E-state index contributed by atoms with van der Waals surface area (Å²) in [6.45, 7) is -37.1. The molecule has 0 spiro atoms. The van der Waals surface area contributed by atoms with Crippen LogP contribution in [0.3, 0.4) is 0 Å². The summed E-state index contributed by atoms with van der Waals surface area (Å²) in [5.74, 6) is -0.648. The van der Waals surface area contributed by atoms with Crippen molar-refractivity contribution in [2.45, 2.75) is 105 Å². The van der Waals surface area contributed by atoms with E-state index in [1.54, 1.807) is 40.4 Å². The summed E-state index contributed by atoms with van der Waals surface area (Å²) in [4.78, 5) is 339. The van der Waals surface area contributed by atoms with E-state index in [0.717, 1.165) is 19.6 Å². The number of carbonyl (C=O) groups excluding carboxylic acids is 1. The van der Waals surface area contributed by atoms with E-state index in [4.69, 9.17) is 66.5 Å². The van der Waals surface area contributed by atoms with E-state index < -0.39 is 374 Å². The van der Waals surface area contributed by atoms with Gasteiger partial charge in [0.05, 0.1) is 12.0 Å². The third kappa shape index (κ3) is 24.0. The van der Waals surface area contributed by atoms with Crippen molar-refractivity contribution < 1.29 is 196 Å². The normalized spacial score (nSPS) is 16.8. The Labute approximate surface area is 675 Å². The van der Waals surface area contributed by atoms with Gasteiger partial charge in [0.2, 0.25) is 139 Å². The Morgan fingerprint density at radius 2 is 0.692 bits per heavy atom. The summed E-state index contributed by atoms with van der Waals surface area (Å²) >= 11 is 0. The third-order valence-corrected chi connectivity index (χ3v) is 324. The van der Waals surface area contributed by atoms with Crippen LogP contribution in [0, 0.1) is 5.41 Å². The Bertz CT molecular complexity index is 2380. The van der Waals surface area contributed by atoms with Gasteiger partial charge < -0.3 is 191 Å². The van der Waals surface area contributed by atoms with Crippen LogP contribution < -0.4 is 0 Å². The molecule has 575 valence electrons. The monoisotopic (exact) mass is 2160 g/mol. The topological polar surface area (TPSA) is 691 Å². The van der Waals surface area contributed by atoms with Crippen molar-refractivity contribution in [3.05, 3.63) is 0 Å². The Morgan fingerprint density at radius 1 is 0.375 bits per heavy atom. The second-order valence-electron chi connectivity index (χ2n) is 23.5. The Balaban J connectivity index is 14.2. The van der Waals surface area contributed by atoms with Crippen molar-refractivity contribution in [1.82, 2.24) is 0 Å². The molecule has 0 aliphatic rings. The molecule has 0 aromatic heterocycles. The lowest BCUT2D eigenvalue weighted by atomic mass is 9.91. The van der Waals surface area contributed by atoms with E-state index in [2.05, 4.69) is 0 Å². The highest BCUT2D eigenvalue weighted by molar-refractivity contribution is 8.24. The lowest BCUT2D eigenvalue weighted by molar-refractivity contribution is -0.154. The van der Waals surface area contributed by atoms with Gasteiger partial charge in [-0.15, -0.1) is 0 Å². The average Bonchev–Trinajstić information content (AvgIpc) is 0.639. The fraction of sp³-hybridized carbons (Fsp3) is 0.947. The van der Waals surface area contributed by atoms with E-state index in [-0.39, 0.29) is 19.1 Å². The molecule has 0 saturated heterocycles. The quantitative estimate of drug-likeness (QED) is 0.0153. The zero-order chi connectivity index (χ0) is 81.3. The SMILES string of the molecule is CCC(C)(C)C(=O)OCCC[Si](C)(O[Si](C)O[Si](O[Si](O[Si](O)([Si]O)[Si](C)(C)C)([Si](O[Si]O)([Si]O)[Si]O)[Si](O[Si]O)([Si]O)[Si]O)([Si](O[Si](O[Si]O)([Si]O)[Si]O)([Si](O[Si]O)([Si]O)[Si]O)[Si](O[Si]O)([Si]O)[Si]O)[Si](O[Si](O[Si]O)([Si]O)[Si]O)([Si](O[Si]O)([Si]O)[Si]O)[Si](O[Si](C)(C)O)([Si]O)[Si]O)O[Si](C)(C)C. The van der Waals surface area contributed by atoms with E-state index in [9.17, 15) is 129 Å². The van der Waals surface area contributed by atoms with Crippen LogP contribution >= 0.6 is 0 Å². The molecule has 0 rings (SSSR count). The summed E-state index contributed by atoms with van der Waals surface area (Å²) in [5, 5.41) is 0. The van der Waals surface area contributed by atoms with Crippen molar-refractivity contribution >= 4 is 369 Å². The van der Waals surface area contributed by atoms with Crippen LogP contribution in [-0.2, 0) is 71.3 Å². The highest BCUT2D eigenvalue weighted by atomic mass is 30.5. The molecule has 0 heterocycles. The summed E-state index contributed by atoms with van der Waals surface area (Å²) in [7, 11) is -110. The van der Waals surface area contributed by atoms with Crippen LogP contribution in [0.5, 0.6) is 0 Å². The Morgan fingerprint density at radius 3 is 0.952 bits per heavy atom. The van der Waals surface area contributed by atoms with Crippen LogP contribution in [0.2, 0.25) is 71.5 Å². The molecule has 4 unspecified atom stereocenters. The maximum absolute atomic E-state index is 13.8. The molecule has 49 radical (unpaired) electrons. The fourth-order valence-electron chi connectivity index (χ4n) is 9.23. The number of ether oxygens (including phenoxy) is 1. The van der Waals surface area contributed by atoms with Gasteiger partial charge in [0.15, 0.2) is 8.32 Å². The summed E-state index contributed by atoms with van der Waals surface area (Å²) in [6.07, 6.45) is 0.156. The molecule has 0 saturated carbocycles. The second kappa shape index (κ2) is 48.0. The zero-order valence-electron chi connectivity index (χ0n) is 56.4.